The molecule has 1 unspecified atom stereocenters. The van der Waals surface area contributed by atoms with Gasteiger partial charge >= 0.3 is 0 Å². The van der Waals surface area contributed by atoms with Crippen LogP contribution in [0.25, 0.3) is 0 Å². The maximum absolute atomic E-state index is 10.7. The standard InChI is InChI=1S/C19H21O4P/c20-24-14-16-7-5-6-15(12-16)13-22-17-8-1-2-9-18(17)23-19-10-3-4-11-21-19/h1-2,5-9,12,19H,3-4,10-11,13-14H2. The van der Waals surface area contributed by atoms with Crippen LogP contribution in [0.1, 0.15) is 30.4 Å². The van der Waals surface area contributed by atoms with E-state index in [1.54, 1.807) is 0 Å². The van der Waals surface area contributed by atoms with Crippen molar-refractivity contribution < 1.29 is 18.8 Å². The Kier molecular flexibility index (Phi) is 6.22. The molecule has 3 rings (SSSR count). The highest BCUT2D eigenvalue weighted by molar-refractivity contribution is 7.22. The first-order chi connectivity index (χ1) is 11.8. The molecular weight excluding hydrogens is 323 g/mol. The molecule has 1 aliphatic rings. The highest BCUT2D eigenvalue weighted by Gasteiger charge is 2.17. The van der Waals surface area contributed by atoms with Gasteiger partial charge < -0.3 is 14.2 Å². The van der Waals surface area contributed by atoms with Gasteiger partial charge in [-0.25, -0.2) is 0 Å². The van der Waals surface area contributed by atoms with Crippen LogP contribution in [-0.4, -0.2) is 12.9 Å². The molecule has 2 aromatic carbocycles. The summed E-state index contributed by atoms with van der Waals surface area (Å²) in [6.07, 6.45) is 3.46. The maximum atomic E-state index is 10.7. The molecule has 4 nitrogen and oxygen atoms in total. The molecule has 1 heterocycles. The average Bonchev–Trinajstić information content (AvgIpc) is 2.63. The van der Waals surface area contributed by atoms with Crippen molar-refractivity contribution in [3.05, 3.63) is 59.7 Å². The first kappa shape index (κ1) is 16.9. The third kappa shape index (κ3) is 4.80. The molecule has 0 saturated carbocycles. The summed E-state index contributed by atoms with van der Waals surface area (Å²) in [6, 6.07) is 15.6. The van der Waals surface area contributed by atoms with Gasteiger partial charge in [0.1, 0.15) is 6.61 Å². The van der Waals surface area contributed by atoms with Gasteiger partial charge in [-0.2, -0.15) is 0 Å². The van der Waals surface area contributed by atoms with E-state index >= 15 is 0 Å². The summed E-state index contributed by atoms with van der Waals surface area (Å²) in [5, 5.41) is 0. The fourth-order valence-electron chi connectivity index (χ4n) is 2.67. The zero-order chi connectivity index (χ0) is 16.6. The van der Waals surface area contributed by atoms with E-state index in [0.717, 1.165) is 37.0 Å². The molecule has 2 aromatic rings. The van der Waals surface area contributed by atoms with Crippen molar-refractivity contribution in [2.75, 3.05) is 6.61 Å². The lowest BCUT2D eigenvalue weighted by Gasteiger charge is -2.24. The van der Waals surface area contributed by atoms with E-state index in [0.29, 0.717) is 24.3 Å². The van der Waals surface area contributed by atoms with Crippen LogP contribution in [0.3, 0.4) is 0 Å². The molecule has 0 N–H and O–H groups in total. The SMILES string of the molecule is O=PCc1cccc(COc2ccccc2OC2CCCCO2)c1. The van der Waals surface area contributed by atoms with E-state index in [1.807, 2.05) is 48.5 Å². The van der Waals surface area contributed by atoms with Gasteiger partial charge in [-0.05, 0) is 36.1 Å². The smallest absolute Gasteiger partial charge is 0.200 e. The predicted octanol–water partition coefficient (Wildman–Crippen LogP) is 4.96. The van der Waals surface area contributed by atoms with E-state index in [1.165, 1.54) is 0 Å². The van der Waals surface area contributed by atoms with Crippen molar-refractivity contribution in [3.63, 3.8) is 0 Å². The fourth-order valence-corrected chi connectivity index (χ4v) is 3.01. The monoisotopic (exact) mass is 344 g/mol. The normalized spacial score (nSPS) is 17.6. The van der Waals surface area contributed by atoms with E-state index in [2.05, 4.69) is 0 Å². The summed E-state index contributed by atoms with van der Waals surface area (Å²) in [4.78, 5) is 0. The van der Waals surface area contributed by atoms with Crippen molar-refractivity contribution >= 4 is 8.46 Å². The molecule has 5 heteroatoms. The minimum Gasteiger partial charge on any atom is -0.485 e. The number of para-hydroxylation sites is 2. The van der Waals surface area contributed by atoms with E-state index in [4.69, 9.17) is 14.2 Å². The number of rotatable bonds is 7. The Morgan fingerprint density at radius 3 is 2.67 bits per heavy atom. The third-order valence-corrected chi connectivity index (χ3v) is 4.37. The van der Waals surface area contributed by atoms with Gasteiger partial charge in [0.25, 0.3) is 0 Å². The highest BCUT2D eigenvalue weighted by atomic mass is 31.1. The molecule has 0 aromatic heterocycles. The summed E-state index contributed by atoms with van der Waals surface area (Å²) >= 11 is 0. The van der Waals surface area contributed by atoms with Gasteiger partial charge in [0.2, 0.25) is 0 Å². The molecule has 1 saturated heterocycles. The summed E-state index contributed by atoms with van der Waals surface area (Å²) in [6.45, 7) is 1.19. The van der Waals surface area contributed by atoms with E-state index in [9.17, 15) is 4.57 Å². The van der Waals surface area contributed by atoms with Gasteiger partial charge in [0, 0.05) is 6.42 Å². The zero-order valence-corrected chi connectivity index (χ0v) is 14.4. The molecule has 0 spiro atoms. The first-order valence-electron chi connectivity index (χ1n) is 8.22. The second-order valence-corrected chi connectivity index (χ2v) is 6.33. The largest absolute Gasteiger partial charge is 0.485 e. The number of hydrogen-bond acceptors (Lipinski definition) is 4. The molecule has 24 heavy (non-hydrogen) atoms. The quantitative estimate of drug-likeness (QED) is 0.666. The Bertz CT molecular complexity index is 668. The van der Waals surface area contributed by atoms with E-state index < -0.39 is 0 Å². The van der Waals surface area contributed by atoms with Crippen molar-refractivity contribution in [1.29, 1.82) is 0 Å². The van der Waals surface area contributed by atoms with Crippen molar-refractivity contribution in [1.82, 2.24) is 0 Å². The fraction of sp³-hybridized carbons (Fsp3) is 0.368. The van der Waals surface area contributed by atoms with Gasteiger partial charge in [-0.3, -0.25) is 4.57 Å². The van der Waals surface area contributed by atoms with Gasteiger partial charge in [0.15, 0.2) is 26.2 Å². The molecule has 0 radical (unpaired) electrons. The third-order valence-electron chi connectivity index (χ3n) is 3.88. The summed E-state index contributed by atoms with van der Waals surface area (Å²) in [5.74, 6) is 1.41. The molecule has 0 amide bonds. The lowest BCUT2D eigenvalue weighted by atomic mass is 10.1. The number of hydrogen-bond donors (Lipinski definition) is 0. The topological polar surface area (TPSA) is 44.8 Å². The van der Waals surface area contributed by atoms with Gasteiger partial charge in [0.05, 0.1) is 12.8 Å². The van der Waals surface area contributed by atoms with Crippen LogP contribution in [0.2, 0.25) is 0 Å². The second-order valence-electron chi connectivity index (χ2n) is 5.76. The predicted molar refractivity (Wildman–Crippen MR) is 92.7 cm³/mol. The molecule has 1 atom stereocenters. The Morgan fingerprint density at radius 2 is 1.88 bits per heavy atom. The molecule has 1 aliphatic heterocycles. The lowest BCUT2D eigenvalue weighted by molar-refractivity contribution is -0.106. The van der Waals surface area contributed by atoms with Crippen molar-refractivity contribution in [2.24, 2.45) is 0 Å². The van der Waals surface area contributed by atoms with Crippen molar-refractivity contribution in [2.45, 2.75) is 38.3 Å². The van der Waals surface area contributed by atoms with Crippen LogP contribution in [0.4, 0.5) is 0 Å². The summed E-state index contributed by atoms with van der Waals surface area (Å²) in [7, 11) is 0.128. The summed E-state index contributed by atoms with van der Waals surface area (Å²) in [5.41, 5.74) is 2.08. The number of benzene rings is 2. The van der Waals surface area contributed by atoms with E-state index in [-0.39, 0.29) is 14.8 Å². The Morgan fingerprint density at radius 1 is 1.04 bits per heavy atom. The molecular formula is C19H21O4P. The van der Waals surface area contributed by atoms with Crippen LogP contribution >= 0.6 is 8.46 Å². The Balaban J connectivity index is 1.64. The lowest BCUT2D eigenvalue weighted by Crippen LogP contribution is -2.25. The van der Waals surface area contributed by atoms with Crippen molar-refractivity contribution in [3.8, 4) is 11.5 Å². The van der Waals surface area contributed by atoms with Crippen LogP contribution in [0.5, 0.6) is 11.5 Å². The van der Waals surface area contributed by atoms with Gasteiger partial charge in [-0.1, -0.05) is 36.4 Å². The van der Waals surface area contributed by atoms with Crippen LogP contribution in [0.15, 0.2) is 48.5 Å². The van der Waals surface area contributed by atoms with Gasteiger partial charge in [-0.15, -0.1) is 0 Å². The molecule has 0 aliphatic carbocycles. The molecule has 0 bridgehead atoms. The summed E-state index contributed by atoms with van der Waals surface area (Å²) < 4.78 is 28.3. The zero-order valence-electron chi connectivity index (χ0n) is 13.5. The van der Waals surface area contributed by atoms with Crippen LogP contribution in [0, 0.1) is 0 Å². The first-order valence-corrected chi connectivity index (χ1v) is 9.22. The minimum atomic E-state index is -0.192. The maximum Gasteiger partial charge on any atom is 0.200 e. The average molecular weight is 344 g/mol. The Hall–Kier alpha value is -1.90. The molecule has 126 valence electrons. The van der Waals surface area contributed by atoms with Crippen LogP contribution < -0.4 is 9.47 Å². The Labute approximate surface area is 143 Å². The van der Waals surface area contributed by atoms with Crippen LogP contribution in [-0.2, 0) is 22.1 Å². The second kappa shape index (κ2) is 8.81. The highest BCUT2D eigenvalue weighted by Crippen LogP contribution is 2.30. The molecule has 1 fully saturated rings. The minimum absolute atomic E-state index is 0.128. The number of ether oxygens (including phenoxy) is 3.